The van der Waals surface area contributed by atoms with E-state index in [2.05, 4.69) is 22.0 Å². The van der Waals surface area contributed by atoms with Gasteiger partial charge in [0.2, 0.25) is 0 Å². The molecule has 14 heavy (non-hydrogen) atoms. The Morgan fingerprint density at radius 2 is 2.43 bits per heavy atom. The van der Waals surface area contributed by atoms with Gasteiger partial charge in [-0.25, -0.2) is 0 Å². The summed E-state index contributed by atoms with van der Waals surface area (Å²) in [6.45, 7) is 3.75. The summed E-state index contributed by atoms with van der Waals surface area (Å²) in [6, 6.07) is 0. The summed E-state index contributed by atoms with van der Waals surface area (Å²) in [5, 5.41) is 0. The molecule has 1 atom stereocenters. The second-order valence-electron chi connectivity index (χ2n) is 4.00. The lowest BCUT2D eigenvalue weighted by Crippen LogP contribution is -2.37. The molecule has 0 spiro atoms. The van der Waals surface area contributed by atoms with E-state index in [1.54, 1.807) is 0 Å². The van der Waals surface area contributed by atoms with Crippen molar-refractivity contribution in [3.63, 3.8) is 0 Å². The van der Waals surface area contributed by atoms with Crippen LogP contribution in [-0.4, -0.2) is 36.9 Å². The van der Waals surface area contributed by atoms with Crippen LogP contribution in [0.5, 0.6) is 0 Å². The quantitative estimate of drug-likeness (QED) is 0.680. The van der Waals surface area contributed by atoms with E-state index in [9.17, 15) is 0 Å². The largest absolute Gasteiger partial charge is 0.357 e. The number of amidine groups is 1. The zero-order valence-corrected chi connectivity index (χ0v) is 8.65. The molecule has 2 rings (SSSR count). The third kappa shape index (κ3) is 1.98. The summed E-state index contributed by atoms with van der Waals surface area (Å²) >= 11 is 0. The Kier molecular flexibility index (Phi) is 3.19. The first-order chi connectivity index (χ1) is 6.92. The third-order valence-corrected chi connectivity index (χ3v) is 3.00. The molecule has 3 heteroatoms. The first-order valence-corrected chi connectivity index (χ1v) is 5.56. The number of hydrogen-bond acceptors (Lipinski definition) is 3. The Morgan fingerprint density at radius 1 is 1.50 bits per heavy atom. The number of hydrogen-bond donors (Lipinski definition) is 1. The molecule has 2 aliphatic rings. The van der Waals surface area contributed by atoms with E-state index in [0.29, 0.717) is 5.92 Å². The molecule has 1 heterocycles. The van der Waals surface area contributed by atoms with Gasteiger partial charge in [-0.1, -0.05) is 12.2 Å². The maximum Gasteiger partial charge on any atom is 0.102 e. The average molecular weight is 193 g/mol. The molecular weight excluding hydrogens is 174 g/mol. The van der Waals surface area contributed by atoms with Crippen LogP contribution >= 0.6 is 0 Å². The molecule has 0 amide bonds. The van der Waals surface area contributed by atoms with Crippen molar-refractivity contribution in [3.8, 4) is 0 Å². The van der Waals surface area contributed by atoms with Crippen LogP contribution in [0.25, 0.3) is 0 Å². The predicted octanol–water partition coefficient (Wildman–Crippen LogP) is 1.02. The maximum absolute atomic E-state index is 5.59. The molecule has 0 aromatic rings. The highest BCUT2D eigenvalue weighted by molar-refractivity contribution is 5.86. The Hall–Kier alpha value is -0.830. The molecule has 0 aromatic heterocycles. The van der Waals surface area contributed by atoms with E-state index < -0.39 is 0 Å². The Balaban J connectivity index is 1.98. The zero-order valence-electron chi connectivity index (χ0n) is 8.65. The number of nitrogens with zero attached hydrogens (tertiary/aromatic N) is 2. The van der Waals surface area contributed by atoms with E-state index in [-0.39, 0.29) is 0 Å². The van der Waals surface area contributed by atoms with Gasteiger partial charge < -0.3 is 10.6 Å². The molecule has 0 saturated heterocycles. The molecule has 0 fully saturated rings. The van der Waals surface area contributed by atoms with Crippen molar-refractivity contribution in [2.45, 2.75) is 19.3 Å². The summed E-state index contributed by atoms with van der Waals surface area (Å²) in [6.07, 6.45) is 8.20. The Morgan fingerprint density at radius 3 is 3.14 bits per heavy atom. The van der Waals surface area contributed by atoms with Crippen molar-refractivity contribution in [1.82, 2.24) is 4.90 Å². The Bertz CT molecular complexity index is 245. The lowest BCUT2D eigenvalue weighted by molar-refractivity contribution is 0.430. The molecule has 0 bridgehead atoms. The van der Waals surface area contributed by atoms with Gasteiger partial charge in [-0.2, -0.15) is 0 Å². The highest BCUT2D eigenvalue weighted by atomic mass is 15.2. The van der Waals surface area contributed by atoms with Crippen LogP contribution in [0.1, 0.15) is 19.3 Å². The summed E-state index contributed by atoms with van der Waals surface area (Å²) in [5.74, 6) is 1.98. The second-order valence-corrected chi connectivity index (χ2v) is 4.00. The van der Waals surface area contributed by atoms with E-state index in [1.165, 1.54) is 25.1 Å². The van der Waals surface area contributed by atoms with Gasteiger partial charge in [0.05, 0.1) is 6.54 Å². The van der Waals surface area contributed by atoms with Crippen molar-refractivity contribution >= 4 is 5.84 Å². The van der Waals surface area contributed by atoms with Crippen molar-refractivity contribution in [3.05, 3.63) is 12.2 Å². The van der Waals surface area contributed by atoms with Gasteiger partial charge in [0, 0.05) is 25.6 Å². The van der Waals surface area contributed by atoms with Crippen molar-refractivity contribution in [2.24, 2.45) is 16.6 Å². The first kappa shape index (κ1) is 9.71. The first-order valence-electron chi connectivity index (χ1n) is 5.56. The number of nitrogens with two attached hydrogens (primary N) is 1. The molecule has 78 valence electrons. The maximum atomic E-state index is 5.59. The van der Waals surface area contributed by atoms with Crippen LogP contribution < -0.4 is 5.73 Å². The van der Waals surface area contributed by atoms with Crippen molar-refractivity contribution in [1.29, 1.82) is 0 Å². The summed E-state index contributed by atoms with van der Waals surface area (Å²) in [7, 11) is 0. The molecule has 1 aliphatic heterocycles. The molecule has 1 aliphatic carbocycles. The lowest BCUT2D eigenvalue weighted by atomic mass is 9.93. The minimum atomic E-state index is 0.661. The monoisotopic (exact) mass is 193 g/mol. The SMILES string of the molecule is NCCN1CCN=C1C1CC=CCC1. The van der Waals surface area contributed by atoms with Gasteiger partial charge in [-0.15, -0.1) is 0 Å². The topological polar surface area (TPSA) is 41.6 Å². The van der Waals surface area contributed by atoms with Crippen LogP contribution in [0, 0.1) is 5.92 Å². The average Bonchev–Trinajstić information content (AvgIpc) is 2.68. The highest BCUT2D eigenvalue weighted by Gasteiger charge is 2.24. The number of aliphatic imine (C=N–C) groups is 1. The Labute approximate surface area is 85.7 Å². The minimum Gasteiger partial charge on any atom is -0.357 e. The zero-order chi connectivity index (χ0) is 9.80. The fraction of sp³-hybridized carbons (Fsp3) is 0.727. The van der Waals surface area contributed by atoms with E-state index in [0.717, 1.165) is 26.2 Å². The molecular formula is C11H19N3. The van der Waals surface area contributed by atoms with E-state index in [4.69, 9.17) is 5.73 Å². The van der Waals surface area contributed by atoms with E-state index in [1.807, 2.05) is 0 Å². The van der Waals surface area contributed by atoms with Crippen LogP contribution in [0.2, 0.25) is 0 Å². The molecule has 2 N–H and O–H groups in total. The predicted molar refractivity (Wildman–Crippen MR) is 59.4 cm³/mol. The summed E-state index contributed by atoms with van der Waals surface area (Å²) in [4.78, 5) is 6.98. The fourth-order valence-corrected chi connectivity index (χ4v) is 2.30. The minimum absolute atomic E-state index is 0.661. The smallest absolute Gasteiger partial charge is 0.102 e. The lowest BCUT2D eigenvalue weighted by Gasteiger charge is -2.26. The number of rotatable bonds is 3. The van der Waals surface area contributed by atoms with Crippen LogP contribution in [-0.2, 0) is 0 Å². The standard InChI is InChI=1S/C11H19N3/c12-6-8-14-9-7-13-11(14)10-4-2-1-3-5-10/h1-2,10H,3-9,12H2. The third-order valence-electron chi connectivity index (χ3n) is 3.00. The van der Waals surface area contributed by atoms with Crippen LogP contribution in [0.4, 0.5) is 0 Å². The highest BCUT2D eigenvalue weighted by Crippen LogP contribution is 2.23. The van der Waals surface area contributed by atoms with Gasteiger partial charge in [0.15, 0.2) is 0 Å². The van der Waals surface area contributed by atoms with Gasteiger partial charge >= 0.3 is 0 Å². The van der Waals surface area contributed by atoms with Gasteiger partial charge in [-0.05, 0) is 19.3 Å². The van der Waals surface area contributed by atoms with Crippen molar-refractivity contribution in [2.75, 3.05) is 26.2 Å². The van der Waals surface area contributed by atoms with Gasteiger partial charge in [0.25, 0.3) is 0 Å². The summed E-state index contributed by atoms with van der Waals surface area (Å²) < 4.78 is 0. The van der Waals surface area contributed by atoms with Crippen LogP contribution in [0.15, 0.2) is 17.1 Å². The second kappa shape index (κ2) is 4.60. The van der Waals surface area contributed by atoms with Crippen molar-refractivity contribution < 1.29 is 0 Å². The van der Waals surface area contributed by atoms with Gasteiger partial charge in [-0.3, -0.25) is 4.99 Å². The summed E-state index contributed by atoms with van der Waals surface area (Å²) in [5.41, 5.74) is 5.59. The molecule has 1 unspecified atom stereocenters. The molecule has 0 radical (unpaired) electrons. The molecule has 3 nitrogen and oxygen atoms in total. The molecule has 0 saturated carbocycles. The van der Waals surface area contributed by atoms with Crippen LogP contribution in [0.3, 0.4) is 0 Å². The van der Waals surface area contributed by atoms with Gasteiger partial charge in [0.1, 0.15) is 5.84 Å². The number of allylic oxidation sites excluding steroid dienone is 2. The normalized spacial score (nSPS) is 26.8. The molecule has 0 aromatic carbocycles. The fourth-order valence-electron chi connectivity index (χ4n) is 2.30. The van der Waals surface area contributed by atoms with E-state index >= 15 is 0 Å².